The van der Waals surface area contributed by atoms with Crippen LogP contribution in [0.5, 0.6) is 0 Å². The molecule has 21 heavy (non-hydrogen) atoms. The van der Waals surface area contributed by atoms with Crippen molar-refractivity contribution in [3.05, 3.63) is 69.2 Å². The zero-order chi connectivity index (χ0) is 15.8. The molecule has 0 spiro atoms. The molecule has 0 heterocycles. The Balaban J connectivity index is 2.56. The molecule has 0 radical (unpaired) electrons. The smallest absolute Gasteiger partial charge is 0.384 e. The summed E-state index contributed by atoms with van der Waals surface area (Å²) in [6.07, 6.45) is -6.63. The van der Waals surface area contributed by atoms with Gasteiger partial charge in [-0.2, -0.15) is 13.2 Å². The van der Waals surface area contributed by atoms with E-state index in [-0.39, 0.29) is 4.47 Å². The van der Waals surface area contributed by atoms with Crippen molar-refractivity contribution in [1.29, 1.82) is 0 Å². The van der Waals surface area contributed by atoms with Crippen LogP contribution in [-0.2, 0) is 6.18 Å². The van der Waals surface area contributed by atoms with Crippen LogP contribution in [0.1, 0.15) is 22.8 Å². The molecule has 112 valence electrons. The maximum Gasteiger partial charge on any atom is 0.416 e. The second kappa shape index (κ2) is 5.73. The van der Waals surface area contributed by atoms with E-state index in [0.29, 0.717) is 6.07 Å². The highest BCUT2D eigenvalue weighted by Gasteiger charge is 2.35. The van der Waals surface area contributed by atoms with Crippen LogP contribution >= 0.6 is 15.9 Å². The second-order valence-corrected chi connectivity index (χ2v) is 5.13. The summed E-state index contributed by atoms with van der Waals surface area (Å²) in [6.45, 7) is 0. The van der Waals surface area contributed by atoms with Crippen LogP contribution in [0.25, 0.3) is 0 Å². The molecule has 0 amide bonds. The molecular formula is C14H8BrF5O. The van der Waals surface area contributed by atoms with Crippen molar-refractivity contribution in [1.82, 2.24) is 0 Å². The largest absolute Gasteiger partial charge is 0.416 e. The monoisotopic (exact) mass is 366 g/mol. The van der Waals surface area contributed by atoms with Crippen molar-refractivity contribution < 1.29 is 27.1 Å². The number of aliphatic hydroxyl groups excluding tert-OH is 1. The van der Waals surface area contributed by atoms with Gasteiger partial charge < -0.3 is 5.11 Å². The predicted molar refractivity (Wildman–Crippen MR) is 69.6 cm³/mol. The first-order valence-corrected chi connectivity index (χ1v) is 6.49. The van der Waals surface area contributed by atoms with Crippen LogP contribution in [0, 0.1) is 11.6 Å². The quantitative estimate of drug-likeness (QED) is 0.596. The summed E-state index contributed by atoms with van der Waals surface area (Å²) < 4.78 is 65.6. The highest BCUT2D eigenvalue weighted by molar-refractivity contribution is 9.10. The van der Waals surface area contributed by atoms with Crippen molar-refractivity contribution >= 4 is 15.9 Å². The first-order chi connectivity index (χ1) is 9.71. The van der Waals surface area contributed by atoms with E-state index in [4.69, 9.17) is 0 Å². The molecule has 2 rings (SSSR count). The third kappa shape index (κ3) is 3.24. The van der Waals surface area contributed by atoms with Gasteiger partial charge in [-0.25, -0.2) is 8.78 Å². The molecule has 2 aromatic rings. The molecule has 0 aliphatic heterocycles. The molecular weight excluding hydrogens is 359 g/mol. The fourth-order valence-electron chi connectivity index (χ4n) is 1.91. The third-order valence-electron chi connectivity index (χ3n) is 2.89. The van der Waals surface area contributed by atoms with Crippen LogP contribution in [0.15, 0.2) is 40.9 Å². The molecule has 0 saturated heterocycles. The molecule has 2 aromatic carbocycles. The fourth-order valence-corrected chi connectivity index (χ4v) is 2.22. The summed E-state index contributed by atoms with van der Waals surface area (Å²) in [5, 5.41) is 10.0. The van der Waals surface area contributed by atoms with Gasteiger partial charge in [0, 0.05) is 5.56 Å². The molecule has 1 nitrogen and oxygen atoms in total. The Morgan fingerprint density at radius 1 is 0.952 bits per heavy atom. The highest BCUT2D eigenvalue weighted by atomic mass is 79.9. The Bertz CT molecular complexity index is 669. The van der Waals surface area contributed by atoms with Crippen LogP contribution in [0.4, 0.5) is 22.0 Å². The summed E-state index contributed by atoms with van der Waals surface area (Å²) in [4.78, 5) is 0. The molecule has 1 N–H and O–H groups in total. The number of halogens is 6. The lowest BCUT2D eigenvalue weighted by Gasteiger charge is -2.18. The minimum Gasteiger partial charge on any atom is -0.384 e. The topological polar surface area (TPSA) is 20.2 Å². The Hall–Kier alpha value is -1.47. The SMILES string of the molecule is OC(c1cc(F)c(Br)cc1F)c1ccccc1C(F)(F)F. The van der Waals surface area contributed by atoms with Crippen molar-refractivity contribution in [2.45, 2.75) is 12.3 Å². The van der Waals surface area contributed by atoms with Gasteiger partial charge in [-0.1, -0.05) is 18.2 Å². The van der Waals surface area contributed by atoms with Gasteiger partial charge in [-0.3, -0.25) is 0 Å². The molecule has 7 heteroatoms. The van der Waals surface area contributed by atoms with Crippen molar-refractivity contribution in [2.24, 2.45) is 0 Å². The average Bonchev–Trinajstić information content (AvgIpc) is 2.41. The number of hydrogen-bond acceptors (Lipinski definition) is 1. The van der Waals surface area contributed by atoms with Gasteiger partial charge in [0.2, 0.25) is 0 Å². The van der Waals surface area contributed by atoms with Gasteiger partial charge in [0.15, 0.2) is 0 Å². The van der Waals surface area contributed by atoms with Gasteiger partial charge in [0.25, 0.3) is 0 Å². The van der Waals surface area contributed by atoms with Gasteiger partial charge >= 0.3 is 6.18 Å². The Kier molecular flexibility index (Phi) is 4.34. The van der Waals surface area contributed by atoms with Crippen LogP contribution in [0.2, 0.25) is 0 Å². The third-order valence-corrected chi connectivity index (χ3v) is 3.50. The minimum absolute atomic E-state index is 0.181. The fraction of sp³-hybridized carbons (Fsp3) is 0.143. The summed E-state index contributed by atoms with van der Waals surface area (Å²) in [7, 11) is 0. The number of benzene rings is 2. The normalized spacial score (nSPS) is 13.3. The minimum atomic E-state index is -4.71. The van der Waals surface area contributed by atoms with Crippen LogP contribution < -0.4 is 0 Å². The molecule has 0 aromatic heterocycles. The number of alkyl halides is 3. The van der Waals surface area contributed by atoms with E-state index >= 15 is 0 Å². The lowest BCUT2D eigenvalue weighted by atomic mass is 9.96. The zero-order valence-electron chi connectivity index (χ0n) is 10.3. The van der Waals surface area contributed by atoms with Crippen molar-refractivity contribution in [2.75, 3.05) is 0 Å². The molecule has 0 saturated carbocycles. The maximum absolute atomic E-state index is 13.8. The van der Waals surface area contributed by atoms with Crippen molar-refractivity contribution in [3.8, 4) is 0 Å². The second-order valence-electron chi connectivity index (χ2n) is 4.28. The summed E-state index contributed by atoms with van der Waals surface area (Å²) in [5.41, 5.74) is -2.20. The zero-order valence-corrected chi connectivity index (χ0v) is 11.8. The van der Waals surface area contributed by atoms with Crippen LogP contribution in [-0.4, -0.2) is 5.11 Å². The summed E-state index contributed by atoms with van der Waals surface area (Å²) in [5.74, 6) is -1.89. The number of hydrogen-bond donors (Lipinski definition) is 1. The van der Waals surface area contributed by atoms with Gasteiger partial charge in [-0.05, 0) is 39.7 Å². The highest BCUT2D eigenvalue weighted by Crippen LogP contribution is 2.37. The molecule has 1 atom stereocenters. The number of aliphatic hydroxyl groups is 1. The lowest BCUT2D eigenvalue weighted by Crippen LogP contribution is -2.13. The number of rotatable bonds is 2. The molecule has 1 unspecified atom stereocenters. The molecule has 0 fully saturated rings. The Morgan fingerprint density at radius 3 is 2.19 bits per heavy atom. The Labute approximate surface area is 125 Å². The van der Waals surface area contributed by atoms with Gasteiger partial charge in [0.05, 0.1) is 10.0 Å². The van der Waals surface area contributed by atoms with E-state index in [2.05, 4.69) is 15.9 Å². The van der Waals surface area contributed by atoms with E-state index < -0.39 is 40.6 Å². The van der Waals surface area contributed by atoms with E-state index in [1.54, 1.807) is 0 Å². The van der Waals surface area contributed by atoms with E-state index in [9.17, 15) is 27.1 Å². The van der Waals surface area contributed by atoms with Crippen LogP contribution in [0.3, 0.4) is 0 Å². The van der Waals surface area contributed by atoms with E-state index in [0.717, 1.165) is 24.3 Å². The van der Waals surface area contributed by atoms with Gasteiger partial charge in [-0.15, -0.1) is 0 Å². The standard InChI is InChI=1S/C14H8BrF5O/c15-10-6-11(16)8(5-12(10)17)13(21)7-3-1-2-4-9(7)14(18,19)20/h1-6,13,21H. The van der Waals surface area contributed by atoms with E-state index in [1.165, 1.54) is 6.07 Å². The Morgan fingerprint density at radius 2 is 1.57 bits per heavy atom. The first kappa shape index (κ1) is 15.9. The maximum atomic E-state index is 13.8. The summed E-state index contributed by atoms with van der Waals surface area (Å²) in [6, 6.07) is 5.64. The van der Waals surface area contributed by atoms with E-state index in [1.807, 2.05) is 0 Å². The first-order valence-electron chi connectivity index (χ1n) is 5.70. The summed E-state index contributed by atoms with van der Waals surface area (Å²) >= 11 is 2.76. The predicted octanol–water partition coefficient (Wildman–Crippen LogP) is 4.83. The van der Waals surface area contributed by atoms with Gasteiger partial charge in [0.1, 0.15) is 17.7 Å². The average molecular weight is 367 g/mol. The lowest BCUT2D eigenvalue weighted by molar-refractivity contribution is -0.139. The van der Waals surface area contributed by atoms with Crippen molar-refractivity contribution in [3.63, 3.8) is 0 Å². The molecule has 0 bridgehead atoms. The molecule has 0 aliphatic rings. The molecule has 0 aliphatic carbocycles.